The maximum atomic E-state index is 13.2. The largest absolute Gasteiger partial charge is 0.481 e. The van der Waals surface area contributed by atoms with Crippen LogP contribution in [0.3, 0.4) is 0 Å². The molecule has 5 saturated carbocycles. The summed E-state index contributed by atoms with van der Waals surface area (Å²) in [6.07, 6.45) is 10.9. The van der Waals surface area contributed by atoms with E-state index in [4.69, 9.17) is 4.74 Å². The normalized spacial score (nSPS) is 46.9. The highest BCUT2D eigenvalue weighted by atomic mass is 16.5. The minimum atomic E-state index is -1.03. The van der Waals surface area contributed by atoms with Gasteiger partial charge in [0, 0.05) is 5.41 Å². The van der Waals surface area contributed by atoms with Crippen molar-refractivity contribution in [1.82, 2.24) is 0 Å². The van der Waals surface area contributed by atoms with Gasteiger partial charge in [0.25, 0.3) is 0 Å². The number of carbonyl (C=O) groups excluding carboxylic acids is 1. The average molecular weight is 571 g/mol. The van der Waals surface area contributed by atoms with Crippen molar-refractivity contribution in [3.63, 3.8) is 0 Å². The van der Waals surface area contributed by atoms with Crippen molar-refractivity contribution in [2.75, 3.05) is 6.61 Å². The molecule has 0 saturated heterocycles. The Hall–Kier alpha value is -1.36. The molecule has 0 spiro atoms. The van der Waals surface area contributed by atoms with Gasteiger partial charge in [-0.3, -0.25) is 9.59 Å². The van der Waals surface area contributed by atoms with E-state index in [1.807, 2.05) is 0 Å². The lowest BCUT2D eigenvalue weighted by molar-refractivity contribution is -0.250. The number of fused-ring (bicyclic) bond motifs is 7. The molecule has 5 fully saturated rings. The Morgan fingerprint density at radius 1 is 0.878 bits per heavy atom. The van der Waals surface area contributed by atoms with Gasteiger partial charge in [0.1, 0.15) is 0 Å². The number of rotatable bonds is 6. The highest BCUT2D eigenvalue weighted by Crippen LogP contribution is 2.77. The van der Waals surface area contributed by atoms with Crippen LogP contribution in [0.1, 0.15) is 126 Å². The number of hydrogen-bond acceptors (Lipinski definition) is 4. The molecule has 0 aromatic rings. The van der Waals surface area contributed by atoms with Crippen molar-refractivity contribution in [3.05, 3.63) is 12.2 Å². The van der Waals surface area contributed by atoms with Crippen LogP contribution < -0.4 is 0 Å². The third kappa shape index (κ3) is 4.40. The van der Waals surface area contributed by atoms with Crippen molar-refractivity contribution < 1.29 is 24.5 Å². The van der Waals surface area contributed by atoms with Gasteiger partial charge in [-0.1, -0.05) is 46.8 Å². The van der Waals surface area contributed by atoms with Gasteiger partial charge in [-0.05, 0) is 136 Å². The number of ether oxygens (including phenoxy) is 1. The molecular weight excluding hydrogens is 512 g/mol. The van der Waals surface area contributed by atoms with Gasteiger partial charge in [-0.2, -0.15) is 0 Å². The molecule has 232 valence electrons. The van der Waals surface area contributed by atoms with Crippen LogP contribution in [0.2, 0.25) is 0 Å². The monoisotopic (exact) mass is 570 g/mol. The Morgan fingerprint density at radius 3 is 2.20 bits per heavy atom. The summed E-state index contributed by atoms with van der Waals surface area (Å²) in [4.78, 5) is 24.5. The molecule has 5 rings (SSSR count). The SMILES string of the molecule is C=C(C)[C@@H]1CC[C@]2(COC(=O)C(C)(C)CC(=O)O)CC[C@]3(C)[C@H](CC[C@@H]4[C@@]5(C)CC[C@H](O)C(C)(C)[C@@H]5CC[C@]43C)[C@@H]12. The lowest BCUT2D eigenvalue weighted by Gasteiger charge is -2.73. The first-order valence-electron chi connectivity index (χ1n) is 16.6. The number of esters is 1. The molecule has 0 amide bonds. The molecule has 0 unspecified atom stereocenters. The number of aliphatic hydroxyl groups excluding tert-OH is 1. The van der Waals surface area contributed by atoms with Crippen LogP contribution >= 0.6 is 0 Å². The van der Waals surface area contributed by atoms with Crippen LogP contribution in [0.25, 0.3) is 0 Å². The highest BCUT2D eigenvalue weighted by molar-refractivity contribution is 5.82. The second kappa shape index (κ2) is 9.83. The molecule has 0 bridgehead atoms. The van der Waals surface area contributed by atoms with Crippen LogP contribution in [0.4, 0.5) is 0 Å². The Balaban J connectivity index is 1.46. The zero-order chi connectivity index (χ0) is 30.4. The second-order valence-corrected chi connectivity index (χ2v) is 17.5. The van der Waals surface area contributed by atoms with E-state index in [2.05, 4.69) is 48.1 Å². The first-order valence-corrected chi connectivity index (χ1v) is 16.6. The van der Waals surface area contributed by atoms with Gasteiger partial charge in [0.15, 0.2) is 0 Å². The molecule has 5 nitrogen and oxygen atoms in total. The first-order chi connectivity index (χ1) is 18.9. The Kier molecular flexibility index (Phi) is 7.45. The third-order valence-corrected chi connectivity index (χ3v) is 14.9. The van der Waals surface area contributed by atoms with E-state index in [9.17, 15) is 19.8 Å². The van der Waals surface area contributed by atoms with E-state index >= 15 is 0 Å². The van der Waals surface area contributed by atoms with Crippen LogP contribution in [-0.4, -0.2) is 34.9 Å². The van der Waals surface area contributed by atoms with E-state index in [1.165, 1.54) is 31.3 Å². The zero-order valence-electron chi connectivity index (χ0n) is 27.3. The molecule has 5 aliphatic rings. The number of carboxylic acids is 1. The third-order valence-electron chi connectivity index (χ3n) is 14.9. The van der Waals surface area contributed by atoms with Crippen LogP contribution in [0.5, 0.6) is 0 Å². The molecular formula is C36H58O5. The van der Waals surface area contributed by atoms with Crippen molar-refractivity contribution in [2.24, 2.45) is 62.1 Å². The highest BCUT2D eigenvalue weighted by Gasteiger charge is 2.71. The Bertz CT molecular complexity index is 1090. The summed E-state index contributed by atoms with van der Waals surface area (Å²) in [5.41, 5.74) is 0.856. The maximum Gasteiger partial charge on any atom is 0.312 e. The standard InChI is InChI=1S/C36H58O5/c1-22(2)23-12-17-36(21-41-30(40)31(3,4)20-28(38)39)19-18-34(8)24(29(23)36)10-11-26-33(7)15-14-27(37)32(5,6)25(33)13-16-35(26,34)9/h23-27,29,37H,1,10-21H2,2-9H3,(H,38,39)/t23-,24+,25-,26+,27-,29+,33-,34+,35+,36+/m0/s1. The summed E-state index contributed by atoms with van der Waals surface area (Å²) in [5.74, 6) is 1.32. The van der Waals surface area contributed by atoms with Crippen LogP contribution in [0, 0.1) is 62.1 Å². The molecule has 5 heteroatoms. The zero-order valence-corrected chi connectivity index (χ0v) is 27.3. The van der Waals surface area contributed by atoms with Gasteiger partial charge in [0.2, 0.25) is 0 Å². The number of aliphatic carboxylic acids is 1. The van der Waals surface area contributed by atoms with Crippen LogP contribution in [0.15, 0.2) is 12.2 Å². The second-order valence-electron chi connectivity index (χ2n) is 17.5. The molecule has 0 radical (unpaired) electrons. The molecule has 0 aromatic heterocycles. The van der Waals surface area contributed by atoms with Crippen LogP contribution in [-0.2, 0) is 14.3 Å². The van der Waals surface area contributed by atoms with E-state index in [0.29, 0.717) is 36.2 Å². The van der Waals surface area contributed by atoms with E-state index in [1.54, 1.807) is 13.8 Å². The van der Waals surface area contributed by atoms with Crippen molar-refractivity contribution in [1.29, 1.82) is 0 Å². The van der Waals surface area contributed by atoms with Gasteiger partial charge >= 0.3 is 11.9 Å². The topological polar surface area (TPSA) is 83.8 Å². The lowest BCUT2D eigenvalue weighted by atomic mass is 9.32. The first kappa shape index (κ1) is 31.1. The molecule has 0 heterocycles. The maximum absolute atomic E-state index is 13.2. The fourth-order valence-corrected chi connectivity index (χ4v) is 12.4. The molecule has 2 N–H and O–H groups in total. The van der Waals surface area contributed by atoms with Gasteiger partial charge in [0.05, 0.1) is 24.5 Å². The summed E-state index contributed by atoms with van der Waals surface area (Å²) in [6.45, 7) is 22.9. The van der Waals surface area contributed by atoms with Crippen molar-refractivity contribution in [2.45, 2.75) is 132 Å². The summed E-state index contributed by atoms with van der Waals surface area (Å²) in [7, 11) is 0. The minimum absolute atomic E-state index is 0.0391. The van der Waals surface area contributed by atoms with Gasteiger partial charge in [-0.25, -0.2) is 0 Å². The van der Waals surface area contributed by atoms with Gasteiger partial charge < -0.3 is 14.9 Å². The number of carbonyl (C=O) groups is 2. The van der Waals surface area contributed by atoms with Crippen molar-refractivity contribution in [3.8, 4) is 0 Å². The molecule has 41 heavy (non-hydrogen) atoms. The number of aliphatic hydroxyl groups is 1. The number of hydrogen-bond donors (Lipinski definition) is 2. The summed E-state index contributed by atoms with van der Waals surface area (Å²) >= 11 is 0. The number of carboxylic acid groups (broad SMARTS) is 1. The van der Waals surface area contributed by atoms with E-state index in [0.717, 1.165) is 38.5 Å². The average Bonchev–Trinajstić information content (AvgIpc) is 3.25. The predicted molar refractivity (Wildman–Crippen MR) is 162 cm³/mol. The smallest absolute Gasteiger partial charge is 0.312 e. The molecule has 0 aliphatic heterocycles. The lowest BCUT2D eigenvalue weighted by Crippen LogP contribution is -2.66. The summed E-state index contributed by atoms with van der Waals surface area (Å²) < 4.78 is 6.09. The summed E-state index contributed by atoms with van der Waals surface area (Å²) in [5, 5.41) is 20.3. The molecule has 5 aliphatic carbocycles. The summed E-state index contributed by atoms with van der Waals surface area (Å²) in [6, 6.07) is 0. The Morgan fingerprint density at radius 2 is 1.56 bits per heavy atom. The fourth-order valence-electron chi connectivity index (χ4n) is 12.4. The molecule has 0 aromatic carbocycles. The number of allylic oxidation sites excluding steroid dienone is 1. The fraction of sp³-hybridized carbons (Fsp3) is 0.889. The molecule has 10 atom stereocenters. The minimum Gasteiger partial charge on any atom is -0.481 e. The van der Waals surface area contributed by atoms with Gasteiger partial charge in [-0.15, -0.1) is 0 Å². The quantitative estimate of drug-likeness (QED) is 0.249. The van der Waals surface area contributed by atoms with E-state index < -0.39 is 11.4 Å². The van der Waals surface area contributed by atoms with Crippen molar-refractivity contribution >= 4 is 11.9 Å². The Labute approximate surface area is 249 Å². The van der Waals surface area contributed by atoms with E-state index in [-0.39, 0.29) is 45.6 Å². The predicted octanol–water partition coefficient (Wildman–Crippen LogP) is 8.05.